The zero-order chi connectivity index (χ0) is 9.97. The molecule has 0 saturated carbocycles. The molecule has 74 valence electrons. The summed E-state index contributed by atoms with van der Waals surface area (Å²) in [4.78, 5) is 0. The fourth-order valence-corrected chi connectivity index (χ4v) is 2.50. The molecule has 1 aromatic carbocycles. The van der Waals surface area contributed by atoms with Gasteiger partial charge in [0.15, 0.2) is 0 Å². The maximum absolute atomic E-state index is 2.44. The molecule has 2 heteroatoms. The van der Waals surface area contributed by atoms with E-state index in [2.05, 4.69) is 64.4 Å². The molecular weight excluding hydrogens is 285 g/mol. The topological polar surface area (TPSA) is 4.93 Å². The lowest BCUT2D eigenvalue weighted by Crippen LogP contribution is -2.00. The molecule has 0 unspecified atom stereocenters. The van der Waals surface area contributed by atoms with Gasteiger partial charge in [-0.3, -0.25) is 0 Å². The third-order valence-electron chi connectivity index (χ3n) is 2.56. The molecule has 2 aromatic rings. The van der Waals surface area contributed by atoms with Crippen molar-refractivity contribution >= 4 is 33.5 Å². The third kappa shape index (κ3) is 1.67. The Balaban J connectivity index is 2.60. The van der Waals surface area contributed by atoms with Crippen LogP contribution >= 0.6 is 22.6 Å². The average molecular weight is 299 g/mol. The van der Waals surface area contributed by atoms with Crippen LogP contribution in [0, 0.1) is 0 Å². The molecule has 0 aliphatic heterocycles. The van der Waals surface area contributed by atoms with E-state index in [-0.39, 0.29) is 0 Å². The first-order valence-electron chi connectivity index (χ1n) is 5.00. The van der Waals surface area contributed by atoms with Crippen LogP contribution in [0.3, 0.4) is 0 Å². The summed E-state index contributed by atoms with van der Waals surface area (Å²) in [5.41, 5.74) is 2.83. The number of aromatic nitrogens is 1. The standard InChI is InChI=1S/C12H14IN/c1-2-14-11(7-8-13)9-10-5-3-4-6-12(10)14/h3-6,9H,2,7-8H2,1H3. The van der Waals surface area contributed by atoms with Gasteiger partial charge in [-0.05, 0) is 30.9 Å². The van der Waals surface area contributed by atoms with Crippen molar-refractivity contribution in [1.29, 1.82) is 0 Å². The van der Waals surface area contributed by atoms with Crippen LogP contribution in [0.1, 0.15) is 12.6 Å². The van der Waals surface area contributed by atoms with Crippen LogP contribution in [-0.4, -0.2) is 8.99 Å². The Morgan fingerprint density at radius 3 is 2.79 bits per heavy atom. The van der Waals surface area contributed by atoms with Crippen LogP contribution < -0.4 is 0 Å². The fraction of sp³-hybridized carbons (Fsp3) is 0.333. The van der Waals surface area contributed by atoms with E-state index in [1.165, 1.54) is 27.4 Å². The highest BCUT2D eigenvalue weighted by molar-refractivity contribution is 14.1. The van der Waals surface area contributed by atoms with Crippen molar-refractivity contribution in [1.82, 2.24) is 4.57 Å². The second-order valence-electron chi connectivity index (χ2n) is 3.38. The number of para-hydroxylation sites is 1. The summed E-state index contributed by atoms with van der Waals surface area (Å²) in [6, 6.07) is 10.9. The Morgan fingerprint density at radius 1 is 1.29 bits per heavy atom. The van der Waals surface area contributed by atoms with Gasteiger partial charge in [0.25, 0.3) is 0 Å². The van der Waals surface area contributed by atoms with Gasteiger partial charge in [-0.2, -0.15) is 0 Å². The van der Waals surface area contributed by atoms with Crippen molar-refractivity contribution in [2.24, 2.45) is 0 Å². The number of fused-ring (bicyclic) bond motifs is 1. The lowest BCUT2D eigenvalue weighted by Gasteiger charge is -2.05. The van der Waals surface area contributed by atoms with E-state index in [0.717, 1.165) is 6.54 Å². The summed E-state index contributed by atoms with van der Waals surface area (Å²) in [5.74, 6) is 0. The molecular formula is C12H14IN. The second kappa shape index (κ2) is 4.34. The molecule has 0 aliphatic carbocycles. The number of rotatable bonds is 3. The normalized spacial score (nSPS) is 11.0. The lowest BCUT2D eigenvalue weighted by atomic mass is 10.2. The summed E-state index contributed by atoms with van der Waals surface area (Å²) < 4.78 is 3.60. The minimum Gasteiger partial charge on any atom is -0.345 e. The molecule has 14 heavy (non-hydrogen) atoms. The number of benzene rings is 1. The predicted octanol–water partition coefficient (Wildman–Crippen LogP) is 3.64. The van der Waals surface area contributed by atoms with E-state index < -0.39 is 0 Å². The van der Waals surface area contributed by atoms with E-state index in [1.807, 2.05) is 0 Å². The monoisotopic (exact) mass is 299 g/mol. The zero-order valence-corrected chi connectivity index (χ0v) is 10.5. The lowest BCUT2D eigenvalue weighted by molar-refractivity contribution is 0.749. The first kappa shape index (κ1) is 10.0. The van der Waals surface area contributed by atoms with Gasteiger partial charge in [-0.1, -0.05) is 40.8 Å². The summed E-state index contributed by atoms with van der Waals surface area (Å²) >= 11 is 2.44. The van der Waals surface area contributed by atoms with Gasteiger partial charge in [-0.15, -0.1) is 0 Å². The van der Waals surface area contributed by atoms with Gasteiger partial charge in [0.1, 0.15) is 0 Å². The number of nitrogens with zero attached hydrogens (tertiary/aromatic N) is 1. The maximum Gasteiger partial charge on any atom is 0.0482 e. The Morgan fingerprint density at radius 2 is 2.07 bits per heavy atom. The van der Waals surface area contributed by atoms with E-state index in [0.29, 0.717) is 0 Å². The number of hydrogen-bond acceptors (Lipinski definition) is 0. The largest absolute Gasteiger partial charge is 0.345 e. The first-order valence-corrected chi connectivity index (χ1v) is 6.52. The summed E-state index contributed by atoms with van der Waals surface area (Å²) in [7, 11) is 0. The molecule has 0 amide bonds. The van der Waals surface area contributed by atoms with E-state index >= 15 is 0 Å². The van der Waals surface area contributed by atoms with Crippen LogP contribution in [0.5, 0.6) is 0 Å². The molecule has 0 atom stereocenters. The van der Waals surface area contributed by atoms with Crippen molar-refractivity contribution in [3.63, 3.8) is 0 Å². The average Bonchev–Trinajstić information content (AvgIpc) is 2.55. The molecule has 1 aromatic heterocycles. The maximum atomic E-state index is 2.44. The number of aryl methyl sites for hydroxylation is 2. The van der Waals surface area contributed by atoms with Gasteiger partial charge < -0.3 is 4.57 Å². The molecule has 0 bridgehead atoms. The smallest absolute Gasteiger partial charge is 0.0482 e. The number of halogens is 1. The SMILES string of the molecule is CCn1c(CCI)cc2ccccc21. The van der Waals surface area contributed by atoms with Gasteiger partial charge in [0.2, 0.25) is 0 Å². The van der Waals surface area contributed by atoms with Crippen molar-refractivity contribution in [2.75, 3.05) is 4.43 Å². The zero-order valence-electron chi connectivity index (χ0n) is 8.33. The van der Waals surface area contributed by atoms with Crippen molar-refractivity contribution in [2.45, 2.75) is 19.9 Å². The highest BCUT2D eigenvalue weighted by Gasteiger charge is 2.05. The third-order valence-corrected chi connectivity index (χ3v) is 3.10. The molecule has 0 spiro atoms. The van der Waals surface area contributed by atoms with Crippen molar-refractivity contribution in [3.05, 3.63) is 36.0 Å². The molecule has 2 rings (SSSR count). The Labute approximate surface area is 98.3 Å². The minimum atomic E-state index is 1.07. The van der Waals surface area contributed by atoms with Gasteiger partial charge in [-0.25, -0.2) is 0 Å². The molecule has 0 N–H and O–H groups in total. The summed E-state index contributed by atoms with van der Waals surface area (Å²) in [5, 5.41) is 1.37. The Hall–Kier alpha value is -0.510. The number of hydrogen-bond donors (Lipinski definition) is 0. The van der Waals surface area contributed by atoms with Crippen LogP contribution in [0.25, 0.3) is 10.9 Å². The van der Waals surface area contributed by atoms with Gasteiger partial charge >= 0.3 is 0 Å². The van der Waals surface area contributed by atoms with Crippen LogP contribution in [0.2, 0.25) is 0 Å². The van der Waals surface area contributed by atoms with Crippen molar-refractivity contribution < 1.29 is 0 Å². The molecule has 1 heterocycles. The van der Waals surface area contributed by atoms with Crippen LogP contribution in [0.4, 0.5) is 0 Å². The molecule has 0 fully saturated rings. The van der Waals surface area contributed by atoms with Gasteiger partial charge in [0, 0.05) is 22.2 Å². The molecule has 1 nitrogen and oxygen atoms in total. The summed E-state index contributed by atoms with van der Waals surface area (Å²) in [6.07, 6.45) is 1.17. The van der Waals surface area contributed by atoms with Crippen LogP contribution in [0.15, 0.2) is 30.3 Å². The second-order valence-corrected chi connectivity index (χ2v) is 4.46. The quantitative estimate of drug-likeness (QED) is 0.602. The predicted molar refractivity (Wildman–Crippen MR) is 70.2 cm³/mol. The van der Waals surface area contributed by atoms with Crippen LogP contribution in [-0.2, 0) is 13.0 Å². The minimum absolute atomic E-state index is 1.07. The Kier molecular flexibility index (Phi) is 3.11. The molecule has 0 saturated heterocycles. The first-order chi connectivity index (χ1) is 6.86. The molecule has 0 aliphatic rings. The van der Waals surface area contributed by atoms with E-state index in [9.17, 15) is 0 Å². The van der Waals surface area contributed by atoms with E-state index in [1.54, 1.807) is 0 Å². The highest BCUT2D eigenvalue weighted by Crippen LogP contribution is 2.20. The van der Waals surface area contributed by atoms with Crippen molar-refractivity contribution in [3.8, 4) is 0 Å². The number of alkyl halides is 1. The Bertz CT molecular complexity index is 431. The summed E-state index contributed by atoms with van der Waals surface area (Å²) in [6.45, 7) is 3.28. The molecule has 0 radical (unpaired) electrons. The van der Waals surface area contributed by atoms with Gasteiger partial charge in [0.05, 0.1) is 0 Å². The highest BCUT2D eigenvalue weighted by atomic mass is 127. The fourth-order valence-electron chi connectivity index (χ4n) is 1.94. The van der Waals surface area contributed by atoms with E-state index in [4.69, 9.17) is 0 Å².